The van der Waals surface area contributed by atoms with Gasteiger partial charge in [0.05, 0.1) is 6.61 Å². The predicted molar refractivity (Wildman–Crippen MR) is 115 cm³/mol. The number of hydrogen-bond donors (Lipinski definition) is 3. The molecule has 0 aromatic heterocycles. The summed E-state index contributed by atoms with van der Waals surface area (Å²) in [6, 6.07) is 8.29. The molecule has 0 saturated carbocycles. The van der Waals surface area contributed by atoms with E-state index < -0.39 is 36.3 Å². The van der Waals surface area contributed by atoms with Gasteiger partial charge in [-0.15, -0.1) is 0 Å². The lowest BCUT2D eigenvalue weighted by Crippen LogP contribution is -2.50. The number of para-hydroxylation sites is 1. The summed E-state index contributed by atoms with van der Waals surface area (Å²) in [7, 11) is -4.02. The Hall–Kier alpha value is -2.40. The Bertz CT molecular complexity index is 894. The molecule has 1 aliphatic rings. The van der Waals surface area contributed by atoms with Crippen molar-refractivity contribution < 1.29 is 42.4 Å². The van der Waals surface area contributed by atoms with Crippen LogP contribution in [0, 0.1) is 5.41 Å². The highest BCUT2D eigenvalue weighted by atomic mass is 32.2. The summed E-state index contributed by atoms with van der Waals surface area (Å²) < 4.78 is 28.9. The molecular formula is C19H25N2O9PS. The van der Waals surface area contributed by atoms with Crippen molar-refractivity contribution in [3.05, 3.63) is 30.3 Å². The molecule has 0 spiro atoms. The molecule has 1 aromatic rings. The van der Waals surface area contributed by atoms with E-state index in [1.165, 1.54) is 0 Å². The van der Waals surface area contributed by atoms with Gasteiger partial charge < -0.3 is 20.3 Å². The first kappa shape index (κ1) is 25.9. The lowest BCUT2D eigenvalue weighted by atomic mass is 9.87. The Labute approximate surface area is 189 Å². The number of phosphoric acid groups is 1. The largest absolute Gasteiger partial charge is 0.530 e. The second kappa shape index (κ2) is 11.5. The van der Waals surface area contributed by atoms with E-state index in [2.05, 4.69) is 10.6 Å². The van der Waals surface area contributed by atoms with E-state index >= 15 is 0 Å². The van der Waals surface area contributed by atoms with E-state index in [4.69, 9.17) is 18.7 Å². The average Bonchev–Trinajstić information content (AvgIpc) is 2.73. The van der Waals surface area contributed by atoms with Gasteiger partial charge in [0.2, 0.25) is 5.91 Å². The van der Waals surface area contributed by atoms with E-state index in [9.17, 15) is 23.7 Å². The van der Waals surface area contributed by atoms with Crippen LogP contribution in [0.5, 0.6) is 5.75 Å². The minimum atomic E-state index is -4.02. The highest BCUT2D eigenvalue weighted by Crippen LogP contribution is 2.56. The first-order valence-electron chi connectivity index (χ1n) is 9.64. The first-order chi connectivity index (χ1) is 15.0. The molecule has 2 amide bonds. The second-order valence-electron chi connectivity index (χ2n) is 7.43. The van der Waals surface area contributed by atoms with Gasteiger partial charge >= 0.3 is 13.8 Å². The monoisotopic (exact) mass is 488 g/mol. The Morgan fingerprint density at radius 3 is 2.53 bits per heavy atom. The number of amides is 2. The number of rotatable bonds is 9. The third-order valence-corrected chi connectivity index (χ3v) is 6.41. The fraction of sp³-hybridized carbons (Fsp3) is 0.474. The summed E-state index contributed by atoms with van der Waals surface area (Å²) in [6.45, 7) is 3.49. The molecule has 1 heterocycles. The number of hydrogen-bond acceptors (Lipinski definition) is 9. The van der Waals surface area contributed by atoms with Gasteiger partial charge in [-0.3, -0.25) is 23.4 Å². The average molecular weight is 488 g/mol. The van der Waals surface area contributed by atoms with Gasteiger partial charge in [0.25, 0.3) is 11.0 Å². The lowest BCUT2D eigenvalue weighted by molar-refractivity contribution is -0.144. The molecule has 0 bridgehead atoms. The molecule has 0 radical (unpaired) electrons. The zero-order valence-corrected chi connectivity index (χ0v) is 19.3. The molecular weight excluding hydrogens is 463 g/mol. The Balaban J connectivity index is 1.80. The third-order valence-electron chi connectivity index (χ3n) is 4.22. The van der Waals surface area contributed by atoms with Gasteiger partial charge in [-0.1, -0.05) is 43.8 Å². The minimum Gasteiger partial charge on any atom is -0.475 e. The van der Waals surface area contributed by atoms with E-state index in [1.54, 1.807) is 44.2 Å². The topological polar surface area (TPSA) is 157 Å². The molecule has 32 heavy (non-hydrogen) atoms. The number of phosphoric ester groups is 1. The van der Waals surface area contributed by atoms with Crippen LogP contribution in [0.4, 0.5) is 0 Å². The number of carboxylic acid groups (broad SMARTS) is 1. The standard InChI is InChI=1S/C19H25N2O9PS/c1-19(2)12-28-31(27,29-13-6-4-3-5-7-13)30-15(19)16(23)21-9-8-14(22)20-10-11-32-18(26)17(24)25/h3-7,15H,8-12H2,1-2H3,(H,20,22)(H,21,23)(H,24,25)/t15-,31?/m0/s1. The van der Waals surface area contributed by atoms with E-state index in [0.717, 1.165) is 0 Å². The summed E-state index contributed by atoms with van der Waals surface area (Å²) in [4.78, 5) is 45.8. The van der Waals surface area contributed by atoms with Gasteiger partial charge in [-0.2, -0.15) is 0 Å². The number of nitrogens with one attached hydrogen (secondary N) is 2. The normalized spacial score (nSPS) is 21.9. The summed E-state index contributed by atoms with van der Waals surface area (Å²) in [6.07, 6.45) is -1.18. The number of carboxylic acids is 1. The van der Waals surface area contributed by atoms with Crippen molar-refractivity contribution in [2.45, 2.75) is 26.4 Å². The Morgan fingerprint density at radius 1 is 1.19 bits per heavy atom. The molecule has 11 nitrogen and oxygen atoms in total. The molecule has 13 heteroatoms. The maximum atomic E-state index is 12.9. The van der Waals surface area contributed by atoms with Crippen LogP contribution in [-0.4, -0.2) is 59.6 Å². The minimum absolute atomic E-state index is 0.00743. The quantitative estimate of drug-likeness (QED) is 0.265. The molecule has 176 valence electrons. The molecule has 3 N–H and O–H groups in total. The number of thioether (sulfide) groups is 1. The molecule has 1 aromatic carbocycles. The van der Waals surface area contributed by atoms with Crippen LogP contribution in [0.3, 0.4) is 0 Å². The number of carbonyl (C=O) groups excluding carboxylic acids is 3. The highest BCUT2D eigenvalue weighted by Gasteiger charge is 2.49. The van der Waals surface area contributed by atoms with Gasteiger partial charge in [0, 0.05) is 30.7 Å². The van der Waals surface area contributed by atoms with Crippen molar-refractivity contribution in [3.63, 3.8) is 0 Å². The molecule has 2 atom stereocenters. The molecule has 0 aliphatic carbocycles. The van der Waals surface area contributed by atoms with Crippen LogP contribution in [0.1, 0.15) is 20.3 Å². The van der Waals surface area contributed by atoms with Crippen LogP contribution in [0.15, 0.2) is 30.3 Å². The SMILES string of the molecule is CC1(C)COP(=O)(Oc2ccccc2)O[C@H]1C(=O)NCCC(=O)NCCSC(=O)C(=O)O. The van der Waals surface area contributed by atoms with Crippen molar-refractivity contribution in [2.24, 2.45) is 5.41 Å². The smallest absolute Gasteiger partial charge is 0.475 e. The molecule has 1 unspecified atom stereocenters. The number of benzene rings is 1. The van der Waals surface area contributed by atoms with Gasteiger partial charge in [-0.05, 0) is 12.1 Å². The van der Waals surface area contributed by atoms with Gasteiger partial charge in [0.15, 0.2) is 6.10 Å². The molecule has 1 aliphatic heterocycles. The zero-order valence-electron chi connectivity index (χ0n) is 17.6. The molecule has 1 saturated heterocycles. The van der Waals surface area contributed by atoms with Crippen molar-refractivity contribution in [1.82, 2.24) is 10.6 Å². The van der Waals surface area contributed by atoms with E-state index in [-0.39, 0.29) is 43.5 Å². The summed E-state index contributed by atoms with van der Waals surface area (Å²) in [5, 5.41) is 12.6. The van der Waals surface area contributed by atoms with Gasteiger partial charge in [-0.25, -0.2) is 9.36 Å². The van der Waals surface area contributed by atoms with Crippen molar-refractivity contribution >= 4 is 42.5 Å². The fourth-order valence-electron chi connectivity index (χ4n) is 2.56. The second-order valence-corrected chi connectivity index (χ2v) is 10.0. The van der Waals surface area contributed by atoms with Crippen LogP contribution < -0.4 is 15.2 Å². The summed E-state index contributed by atoms with van der Waals surface area (Å²) >= 11 is 0.584. The Kier molecular flexibility index (Phi) is 9.26. The molecule has 1 fully saturated rings. The van der Waals surface area contributed by atoms with Crippen LogP contribution in [0.2, 0.25) is 0 Å². The fourth-order valence-corrected chi connectivity index (χ4v) is 4.74. The number of carbonyl (C=O) groups is 4. The van der Waals surface area contributed by atoms with E-state index in [0.29, 0.717) is 11.8 Å². The van der Waals surface area contributed by atoms with Crippen molar-refractivity contribution in [3.8, 4) is 5.75 Å². The highest BCUT2D eigenvalue weighted by molar-refractivity contribution is 8.15. The molecule has 2 rings (SSSR count). The predicted octanol–water partition coefficient (Wildman–Crippen LogP) is 1.58. The summed E-state index contributed by atoms with van der Waals surface area (Å²) in [5.41, 5.74) is -0.797. The van der Waals surface area contributed by atoms with Crippen molar-refractivity contribution in [2.75, 3.05) is 25.4 Å². The van der Waals surface area contributed by atoms with Crippen LogP contribution in [-0.2, 0) is 32.8 Å². The van der Waals surface area contributed by atoms with Crippen LogP contribution in [0.25, 0.3) is 0 Å². The Morgan fingerprint density at radius 2 is 1.88 bits per heavy atom. The van der Waals surface area contributed by atoms with E-state index in [1.807, 2.05) is 0 Å². The maximum absolute atomic E-state index is 12.9. The summed E-state index contributed by atoms with van der Waals surface area (Å²) in [5.74, 6) is -2.11. The lowest BCUT2D eigenvalue weighted by Gasteiger charge is -2.39. The zero-order chi connectivity index (χ0) is 23.8. The van der Waals surface area contributed by atoms with Gasteiger partial charge in [0.1, 0.15) is 5.75 Å². The van der Waals surface area contributed by atoms with Crippen LogP contribution >= 0.6 is 19.6 Å². The maximum Gasteiger partial charge on any atom is 0.530 e. The third kappa shape index (κ3) is 7.94. The van der Waals surface area contributed by atoms with Crippen molar-refractivity contribution in [1.29, 1.82) is 0 Å². The number of aliphatic carboxylic acids is 1. The first-order valence-corrected chi connectivity index (χ1v) is 12.1.